The Kier molecular flexibility index (Phi) is 5.66. The first-order valence-electron chi connectivity index (χ1n) is 8.75. The molecule has 8 N–H and O–H groups in total. The second kappa shape index (κ2) is 7.60. The first-order chi connectivity index (χ1) is 14.7. The molecule has 0 spiro atoms. The van der Waals surface area contributed by atoms with Crippen LogP contribution in [0, 0.1) is 11.8 Å². The largest absolute Gasteiger partial charge is 0.490 e. The fourth-order valence-corrected chi connectivity index (χ4v) is 7.25. The highest BCUT2D eigenvalue weighted by atomic mass is 31.3. The van der Waals surface area contributed by atoms with E-state index in [9.17, 15) is 33.7 Å². The summed E-state index contributed by atoms with van der Waals surface area (Å²) in [5, 5.41) is 21.2. The van der Waals surface area contributed by atoms with Crippen molar-refractivity contribution in [3.63, 3.8) is 0 Å². The average Bonchev–Trinajstić information content (AvgIpc) is 3.12. The standard InChI is InChI=1S/C12H18N5O12P3/c13-10-7-11(15-3-14-10)17(4-16-7)12-1-6(12)5(8(18)9(12)19)2-27-31(23,24)29-32(25,26)28-30(20,21)22/h3-6,8-9,18-19H,1-2H2,(H,23,24)(H,25,26)(H2,13,14,15)(H2,20,21,22)/t5-,6?,8?,9?,12-/m0/s1. The lowest BCUT2D eigenvalue weighted by Crippen LogP contribution is -2.39. The highest BCUT2D eigenvalue weighted by Crippen LogP contribution is 2.68. The van der Waals surface area contributed by atoms with Gasteiger partial charge in [0.25, 0.3) is 0 Å². The minimum Gasteiger partial charge on any atom is -0.390 e. The Morgan fingerprint density at radius 2 is 1.78 bits per heavy atom. The van der Waals surface area contributed by atoms with Gasteiger partial charge in [0, 0.05) is 5.92 Å². The van der Waals surface area contributed by atoms with E-state index in [0.717, 1.165) is 0 Å². The summed E-state index contributed by atoms with van der Waals surface area (Å²) in [5.41, 5.74) is 5.30. The zero-order valence-corrected chi connectivity index (χ0v) is 18.4. The number of hydrogen-bond acceptors (Lipinski definition) is 12. The lowest BCUT2D eigenvalue weighted by atomic mass is 10.0. The molecule has 32 heavy (non-hydrogen) atoms. The lowest BCUT2D eigenvalue weighted by Gasteiger charge is -2.24. The number of phosphoric acid groups is 3. The summed E-state index contributed by atoms with van der Waals surface area (Å²) in [5.74, 6) is -1.29. The normalized spacial score (nSPS) is 33.6. The summed E-state index contributed by atoms with van der Waals surface area (Å²) in [6.07, 6.45) is 0.101. The van der Waals surface area contributed by atoms with Crippen molar-refractivity contribution >= 4 is 40.4 Å². The van der Waals surface area contributed by atoms with Crippen molar-refractivity contribution in [2.45, 2.75) is 24.2 Å². The van der Waals surface area contributed by atoms with E-state index < -0.39 is 59.7 Å². The quantitative estimate of drug-likeness (QED) is 0.203. The van der Waals surface area contributed by atoms with Crippen molar-refractivity contribution in [1.82, 2.24) is 19.5 Å². The van der Waals surface area contributed by atoms with Crippen LogP contribution in [0.4, 0.5) is 5.82 Å². The van der Waals surface area contributed by atoms with E-state index in [2.05, 4.69) is 28.1 Å². The number of rotatable bonds is 8. The van der Waals surface area contributed by atoms with Crippen LogP contribution in [-0.2, 0) is 32.4 Å². The Morgan fingerprint density at radius 3 is 2.44 bits per heavy atom. The minimum absolute atomic E-state index is 0.111. The Labute approximate surface area is 178 Å². The van der Waals surface area contributed by atoms with Gasteiger partial charge in [-0.25, -0.2) is 28.6 Å². The number of aliphatic hydroxyl groups excluding tert-OH is 2. The molecule has 2 aromatic rings. The zero-order valence-electron chi connectivity index (χ0n) is 15.7. The van der Waals surface area contributed by atoms with Crippen molar-refractivity contribution in [2.24, 2.45) is 11.8 Å². The maximum Gasteiger partial charge on any atom is 0.490 e. The number of hydrogen-bond donors (Lipinski definition) is 7. The third kappa shape index (κ3) is 4.16. The molecule has 2 aromatic heterocycles. The van der Waals surface area contributed by atoms with Gasteiger partial charge in [-0.3, -0.25) is 4.52 Å². The van der Waals surface area contributed by atoms with Crippen molar-refractivity contribution in [2.75, 3.05) is 12.3 Å². The summed E-state index contributed by atoms with van der Waals surface area (Å²) < 4.78 is 47.5. The van der Waals surface area contributed by atoms with Gasteiger partial charge in [0.2, 0.25) is 0 Å². The van der Waals surface area contributed by atoms with Crippen molar-refractivity contribution in [1.29, 1.82) is 0 Å². The van der Waals surface area contributed by atoms with Gasteiger partial charge in [0.15, 0.2) is 11.5 Å². The molecule has 2 saturated carbocycles. The van der Waals surface area contributed by atoms with Crippen LogP contribution < -0.4 is 5.73 Å². The Hall–Kier alpha value is -1.32. The van der Waals surface area contributed by atoms with Gasteiger partial charge in [0.05, 0.1) is 24.6 Å². The van der Waals surface area contributed by atoms with Crippen LogP contribution in [0.5, 0.6) is 0 Å². The first-order valence-corrected chi connectivity index (χ1v) is 13.3. The number of phosphoric ester groups is 1. The molecule has 0 aliphatic heterocycles. The Morgan fingerprint density at radius 1 is 1.09 bits per heavy atom. The highest BCUT2D eigenvalue weighted by molar-refractivity contribution is 7.66. The van der Waals surface area contributed by atoms with Gasteiger partial charge in [-0.2, -0.15) is 8.62 Å². The SMILES string of the molecule is Nc1ncnc2c1ncn2[C@@]12CC1[C@H](COP(=O)(O)OP(=O)(O)OP(=O)(O)O)C(O)C2O. The van der Waals surface area contributed by atoms with E-state index in [1.807, 2.05) is 0 Å². The summed E-state index contributed by atoms with van der Waals surface area (Å²) >= 11 is 0. The average molecular weight is 517 g/mol. The van der Waals surface area contributed by atoms with Crippen LogP contribution in [0.15, 0.2) is 12.7 Å². The Bertz CT molecular complexity index is 1200. The number of aromatic nitrogens is 4. The van der Waals surface area contributed by atoms with Gasteiger partial charge in [0.1, 0.15) is 17.9 Å². The number of nitrogen functional groups attached to an aromatic ring is 1. The van der Waals surface area contributed by atoms with Crippen LogP contribution >= 0.6 is 23.5 Å². The molecule has 4 rings (SSSR count). The summed E-state index contributed by atoms with van der Waals surface area (Å²) in [6.45, 7) is -0.710. The summed E-state index contributed by atoms with van der Waals surface area (Å²) in [4.78, 5) is 48.0. The molecule has 2 aliphatic carbocycles. The molecule has 0 radical (unpaired) electrons. The fourth-order valence-electron chi connectivity index (χ4n) is 4.20. The van der Waals surface area contributed by atoms with E-state index in [1.54, 1.807) is 0 Å². The Balaban J connectivity index is 1.50. The lowest BCUT2D eigenvalue weighted by molar-refractivity contribution is -0.0269. The second-order valence-electron chi connectivity index (χ2n) is 7.33. The van der Waals surface area contributed by atoms with E-state index in [4.69, 9.17) is 15.5 Å². The van der Waals surface area contributed by atoms with Gasteiger partial charge >= 0.3 is 23.5 Å². The molecule has 2 heterocycles. The molecule has 2 fully saturated rings. The van der Waals surface area contributed by atoms with Crippen LogP contribution in [0.1, 0.15) is 6.42 Å². The van der Waals surface area contributed by atoms with Gasteiger partial charge < -0.3 is 40.1 Å². The third-order valence-corrected chi connectivity index (χ3v) is 9.28. The number of nitrogens with two attached hydrogens (primary N) is 1. The molecule has 17 nitrogen and oxygen atoms in total. The third-order valence-electron chi connectivity index (χ3n) is 5.48. The zero-order chi connectivity index (χ0) is 23.7. The van der Waals surface area contributed by atoms with Gasteiger partial charge in [-0.15, -0.1) is 0 Å². The molecular formula is C12H18N5O12P3. The van der Waals surface area contributed by atoms with E-state index in [-0.39, 0.29) is 11.3 Å². The van der Waals surface area contributed by atoms with Gasteiger partial charge in [-0.1, -0.05) is 0 Å². The van der Waals surface area contributed by atoms with Crippen LogP contribution in [0.3, 0.4) is 0 Å². The molecule has 2 aliphatic rings. The molecule has 0 aromatic carbocycles. The van der Waals surface area contributed by atoms with Crippen molar-refractivity contribution < 1.29 is 56.6 Å². The molecule has 0 bridgehead atoms. The molecule has 0 amide bonds. The maximum absolute atomic E-state index is 12.0. The predicted octanol–water partition coefficient (Wildman–Crippen LogP) is -1.18. The number of nitrogens with zero attached hydrogens (tertiary/aromatic N) is 4. The summed E-state index contributed by atoms with van der Waals surface area (Å²) in [7, 11) is -16.6. The molecule has 5 unspecified atom stereocenters. The minimum atomic E-state index is -5.67. The molecule has 178 valence electrons. The first kappa shape index (κ1) is 23.8. The maximum atomic E-state index is 12.0. The van der Waals surface area contributed by atoms with Crippen LogP contribution in [0.2, 0.25) is 0 Å². The van der Waals surface area contributed by atoms with Crippen LogP contribution in [0.25, 0.3) is 11.2 Å². The van der Waals surface area contributed by atoms with Crippen molar-refractivity contribution in [3.8, 4) is 0 Å². The van der Waals surface area contributed by atoms with E-state index in [0.29, 0.717) is 12.1 Å². The topological polar surface area (TPSA) is 270 Å². The fraction of sp³-hybridized carbons (Fsp3) is 0.583. The van der Waals surface area contributed by atoms with E-state index in [1.165, 1.54) is 17.2 Å². The second-order valence-corrected chi connectivity index (χ2v) is 11.8. The number of aliphatic hydroxyl groups is 2. The molecule has 7 atom stereocenters. The highest BCUT2D eigenvalue weighted by Gasteiger charge is 2.72. The number of imidazole rings is 1. The summed E-state index contributed by atoms with van der Waals surface area (Å²) in [6, 6.07) is 0. The number of anilines is 1. The monoisotopic (exact) mass is 517 g/mol. The smallest absolute Gasteiger partial charge is 0.390 e. The van der Waals surface area contributed by atoms with Crippen LogP contribution in [-0.4, -0.2) is 68.1 Å². The molecule has 0 saturated heterocycles. The van der Waals surface area contributed by atoms with Gasteiger partial charge in [-0.05, 0) is 12.3 Å². The molecule has 20 heteroatoms. The van der Waals surface area contributed by atoms with Crippen molar-refractivity contribution in [3.05, 3.63) is 12.7 Å². The van der Waals surface area contributed by atoms with E-state index >= 15 is 0 Å². The predicted molar refractivity (Wildman–Crippen MR) is 101 cm³/mol. The molecular weight excluding hydrogens is 499 g/mol. The number of fused-ring (bicyclic) bond motifs is 2.